The molecule has 1 aromatic rings. The Kier molecular flexibility index (Phi) is 3.85. The summed E-state index contributed by atoms with van der Waals surface area (Å²) in [6, 6.07) is 6.22. The van der Waals surface area contributed by atoms with E-state index in [0.717, 1.165) is 5.75 Å². The van der Waals surface area contributed by atoms with E-state index in [0.29, 0.717) is 18.7 Å². The predicted octanol–water partition coefficient (Wildman–Crippen LogP) is 2.35. The lowest BCUT2D eigenvalue weighted by atomic mass is 10.1. The van der Waals surface area contributed by atoms with Crippen molar-refractivity contribution in [3.63, 3.8) is 0 Å². The van der Waals surface area contributed by atoms with Gasteiger partial charge in [-0.25, -0.2) is 4.79 Å². The Morgan fingerprint density at radius 3 is 2.63 bits per heavy atom. The molecule has 1 aliphatic rings. The van der Waals surface area contributed by atoms with Crippen LogP contribution in [0.1, 0.15) is 34.6 Å². The highest BCUT2D eigenvalue weighted by atomic mass is 32.2. The van der Waals surface area contributed by atoms with E-state index < -0.39 is 5.97 Å². The van der Waals surface area contributed by atoms with Gasteiger partial charge >= 0.3 is 5.97 Å². The zero-order valence-electron chi connectivity index (χ0n) is 11.0. The minimum Gasteiger partial charge on any atom is -0.478 e. The van der Waals surface area contributed by atoms with Crippen molar-refractivity contribution in [3.8, 4) is 0 Å². The number of hydrogen-bond acceptors (Lipinski definition) is 3. The Morgan fingerprint density at radius 1 is 1.32 bits per heavy atom. The van der Waals surface area contributed by atoms with Gasteiger partial charge in [0.2, 0.25) is 0 Å². The van der Waals surface area contributed by atoms with Crippen LogP contribution in [-0.4, -0.2) is 45.5 Å². The van der Waals surface area contributed by atoms with Crippen LogP contribution in [0.5, 0.6) is 0 Å². The molecule has 1 saturated heterocycles. The predicted molar refractivity (Wildman–Crippen MR) is 75.8 cm³/mol. The highest BCUT2D eigenvalue weighted by Gasteiger charge is 2.30. The average molecular weight is 279 g/mol. The molecule has 19 heavy (non-hydrogen) atoms. The van der Waals surface area contributed by atoms with Gasteiger partial charge in [-0.2, -0.15) is 11.8 Å². The van der Waals surface area contributed by atoms with Gasteiger partial charge in [0.25, 0.3) is 5.91 Å². The molecule has 1 aromatic carbocycles. The topological polar surface area (TPSA) is 57.6 Å². The van der Waals surface area contributed by atoms with Crippen molar-refractivity contribution in [2.45, 2.75) is 18.6 Å². The Hall–Kier alpha value is -1.49. The number of carbonyl (C=O) groups excluding carboxylic acids is 1. The maximum atomic E-state index is 12.4. The van der Waals surface area contributed by atoms with Gasteiger partial charge in [0.15, 0.2) is 0 Å². The largest absolute Gasteiger partial charge is 0.478 e. The first kappa shape index (κ1) is 13.9. The third-order valence-electron chi connectivity index (χ3n) is 3.07. The second-order valence-corrected chi connectivity index (χ2v) is 7.02. The molecule has 0 spiro atoms. The normalized spacial score (nSPS) is 18.1. The molecule has 0 unspecified atom stereocenters. The van der Waals surface area contributed by atoms with Crippen LogP contribution < -0.4 is 0 Å². The lowest BCUT2D eigenvalue weighted by Gasteiger charge is -2.37. The lowest BCUT2D eigenvalue weighted by Crippen LogP contribution is -2.46. The van der Waals surface area contributed by atoms with E-state index in [1.807, 2.05) is 11.8 Å². The van der Waals surface area contributed by atoms with E-state index >= 15 is 0 Å². The molecule has 0 bridgehead atoms. The molecule has 2 rings (SSSR count). The number of hydrogen-bond donors (Lipinski definition) is 1. The highest BCUT2D eigenvalue weighted by Crippen LogP contribution is 2.30. The number of carboxylic acid groups (broad SMARTS) is 1. The Balaban J connectivity index is 2.19. The van der Waals surface area contributed by atoms with Crippen molar-refractivity contribution >= 4 is 23.6 Å². The summed E-state index contributed by atoms with van der Waals surface area (Å²) in [5.41, 5.74) is 0.596. The zero-order chi connectivity index (χ0) is 14.0. The van der Waals surface area contributed by atoms with Gasteiger partial charge < -0.3 is 10.0 Å². The molecule has 1 heterocycles. The standard InChI is InChI=1S/C14H17NO3S/c1-14(2)9-15(6-7-19-14)12(16)10-4-3-5-11(8-10)13(17)18/h3-5,8H,6-7,9H2,1-2H3,(H,17,18). The number of rotatable bonds is 2. The van der Waals surface area contributed by atoms with E-state index in [-0.39, 0.29) is 16.2 Å². The molecule has 1 N–H and O–H groups in total. The van der Waals surface area contributed by atoms with Crippen LogP contribution in [0.15, 0.2) is 24.3 Å². The molecule has 1 fully saturated rings. The van der Waals surface area contributed by atoms with Crippen LogP contribution in [0.4, 0.5) is 0 Å². The van der Waals surface area contributed by atoms with Crippen LogP contribution in [0.25, 0.3) is 0 Å². The maximum absolute atomic E-state index is 12.4. The molecule has 0 atom stereocenters. The van der Waals surface area contributed by atoms with Crippen LogP contribution in [0, 0.1) is 0 Å². The fraction of sp³-hybridized carbons (Fsp3) is 0.429. The number of amides is 1. The molecular weight excluding hydrogens is 262 g/mol. The van der Waals surface area contributed by atoms with Crippen LogP contribution in [-0.2, 0) is 0 Å². The van der Waals surface area contributed by atoms with Crippen LogP contribution in [0.2, 0.25) is 0 Å². The summed E-state index contributed by atoms with van der Waals surface area (Å²) < 4.78 is 0.0539. The van der Waals surface area contributed by atoms with E-state index in [4.69, 9.17) is 5.11 Å². The number of carboxylic acids is 1. The fourth-order valence-corrected chi connectivity index (χ4v) is 3.27. The van der Waals surface area contributed by atoms with Crippen molar-refractivity contribution in [1.29, 1.82) is 0 Å². The van der Waals surface area contributed by atoms with Crippen molar-refractivity contribution in [1.82, 2.24) is 4.90 Å². The van der Waals surface area contributed by atoms with Crippen molar-refractivity contribution in [2.75, 3.05) is 18.8 Å². The van der Waals surface area contributed by atoms with E-state index in [2.05, 4.69) is 13.8 Å². The number of benzene rings is 1. The summed E-state index contributed by atoms with van der Waals surface area (Å²) in [5.74, 6) is -0.183. The van der Waals surface area contributed by atoms with Gasteiger partial charge in [-0.05, 0) is 32.0 Å². The second-order valence-electron chi connectivity index (χ2n) is 5.22. The van der Waals surface area contributed by atoms with Crippen molar-refractivity contribution in [3.05, 3.63) is 35.4 Å². The first-order chi connectivity index (χ1) is 8.89. The first-order valence-electron chi connectivity index (χ1n) is 6.16. The maximum Gasteiger partial charge on any atom is 0.335 e. The molecule has 0 radical (unpaired) electrons. The van der Waals surface area contributed by atoms with Crippen molar-refractivity contribution in [2.24, 2.45) is 0 Å². The molecule has 0 saturated carbocycles. The molecule has 4 nitrogen and oxygen atoms in total. The highest BCUT2D eigenvalue weighted by molar-refractivity contribution is 8.00. The molecular formula is C14H17NO3S. The van der Waals surface area contributed by atoms with Gasteiger partial charge in [-0.3, -0.25) is 4.79 Å². The number of carbonyl (C=O) groups is 2. The summed E-state index contributed by atoms with van der Waals surface area (Å²) in [6.07, 6.45) is 0. The van der Waals surface area contributed by atoms with Gasteiger partial charge in [0.05, 0.1) is 5.56 Å². The third-order valence-corrected chi connectivity index (χ3v) is 4.37. The molecule has 1 amide bonds. The Labute approximate surface area is 116 Å². The lowest BCUT2D eigenvalue weighted by molar-refractivity contribution is 0.0697. The van der Waals surface area contributed by atoms with Crippen molar-refractivity contribution < 1.29 is 14.7 Å². The number of nitrogens with zero attached hydrogens (tertiary/aromatic N) is 1. The van der Waals surface area contributed by atoms with E-state index in [1.165, 1.54) is 12.1 Å². The molecule has 0 aliphatic carbocycles. The zero-order valence-corrected chi connectivity index (χ0v) is 11.9. The first-order valence-corrected chi connectivity index (χ1v) is 7.14. The fourth-order valence-electron chi connectivity index (χ4n) is 2.16. The average Bonchev–Trinajstić information content (AvgIpc) is 2.37. The molecule has 0 aromatic heterocycles. The number of aromatic carboxylic acids is 1. The molecule has 1 aliphatic heterocycles. The summed E-state index contributed by atoms with van der Waals surface area (Å²) in [4.78, 5) is 25.1. The third kappa shape index (κ3) is 3.29. The summed E-state index contributed by atoms with van der Waals surface area (Å²) in [6.45, 7) is 5.63. The Morgan fingerprint density at radius 2 is 2.00 bits per heavy atom. The monoisotopic (exact) mass is 279 g/mol. The quantitative estimate of drug-likeness (QED) is 0.903. The smallest absolute Gasteiger partial charge is 0.335 e. The second kappa shape index (κ2) is 5.25. The van der Waals surface area contributed by atoms with Gasteiger partial charge in [-0.1, -0.05) is 6.07 Å². The molecule has 5 heteroatoms. The SMILES string of the molecule is CC1(C)CN(C(=O)c2cccc(C(=O)O)c2)CCS1. The van der Waals surface area contributed by atoms with Gasteiger partial charge in [-0.15, -0.1) is 0 Å². The van der Waals surface area contributed by atoms with Crippen LogP contribution in [0.3, 0.4) is 0 Å². The summed E-state index contributed by atoms with van der Waals surface area (Å²) in [5, 5.41) is 8.96. The van der Waals surface area contributed by atoms with E-state index in [1.54, 1.807) is 17.0 Å². The van der Waals surface area contributed by atoms with Gasteiger partial charge in [0.1, 0.15) is 0 Å². The Bertz CT molecular complexity index is 513. The number of thioether (sulfide) groups is 1. The minimum absolute atomic E-state index is 0.0539. The van der Waals surface area contributed by atoms with Crippen LogP contribution >= 0.6 is 11.8 Å². The van der Waals surface area contributed by atoms with Gasteiger partial charge in [0, 0.05) is 29.2 Å². The minimum atomic E-state index is -1.01. The molecule has 102 valence electrons. The summed E-state index contributed by atoms with van der Waals surface area (Å²) in [7, 11) is 0. The summed E-state index contributed by atoms with van der Waals surface area (Å²) >= 11 is 1.86. The van der Waals surface area contributed by atoms with E-state index in [9.17, 15) is 9.59 Å².